The topological polar surface area (TPSA) is 89.0 Å². The van der Waals surface area contributed by atoms with Gasteiger partial charge in [0.25, 0.3) is 0 Å². The highest BCUT2D eigenvalue weighted by Crippen LogP contribution is 2.30. The number of amides is 2. The number of aryl methyl sites for hydroxylation is 1. The van der Waals surface area contributed by atoms with Crippen LogP contribution in [0.2, 0.25) is 0 Å². The van der Waals surface area contributed by atoms with Crippen molar-refractivity contribution >= 4 is 17.5 Å². The Hall–Kier alpha value is -3.62. The molecule has 0 spiro atoms. The molecule has 0 unspecified atom stereocenters. The third-order valence-corrected chi connectivity index (χ3v) is 3.43. The van der Waals surface area contributed by atoms with Gasteiger partial charge in [0, 0.05) is 18.0 Å². The molecule has 0 bridgehead atoms. The van der Waals surface area contributed by atoms with Gasteiger partial charge in [-0.15, -0.1) is 0 Å². The summed E-state index contributed by atoms with van der Waals surface area (Å²) in [7, 11) is 0. The van der Waals surface area contributed by atoms with E-state index < -0.39 is 23.4 Å². The van der Waals surface area contributed by atoms with Gasteiger partial charge in [0.15, 0.2) is 17.4 Å². The Morgan fingerprint density at radius 3 is 2.67 bits per heavy atom. The molecule has 0 radical (unpaired) electrons. The summed E-state index contributed by atoms with van der Waals surface area (Å²) in [6.45, 7) is 1.71. The number of anilines is 2. The summed E-state index contributed by atoms with van der Waals surface area (Å²) >= 11 is 0. The monoisotopic (exact) mass is 371 g/mol. The van der Waals surface area contributed by atoms with E-state index in [-0.39, 0.29) is 18.1 Å². The predicted octanol–water partition coefficient (Wildman–Crippen LogP) is 3.68. The number of ether oxygens (including phenoxy) is 1. The molecule has 0 aliphatic carbocycles. The minimum absolute atomic E-state index is 0.0321. The fraction of sp³-hybridized carbons (Fsp3) is 0.111. The van der Waals surface area contributed by atoms with Crippen LogP contribution in [0, 0.1) is 18.6 Å². The summed E-state index contributed by atoms with van der Waals surface area (Å²) in [6, 6.07) is 4.81. The second-order valence-electron chi connectivity index (χ2n) is 5.51. The van der Waals surface area contributed by atoms with Crippen LogP contribution in [0.5, 0.6) is 5.75 Å². The first kappa shape index (κ1) is 18.2. The number of rotatable bonds is 5. The SMILES string of the molecule is Cc1cnc(NC(=O)Nc2ccc(F)c(F)c2OCc2cccnc2)cn1. The fourth-order valence-electron chi connectivity index (χ4n) is 2.14. The summed E-state index contributed by atoms with van der Waals surface area (Å²) in [4.78, 5) is 24.0. The number of nitrogens with one attached hydrogen (secondary N) is 2. The molecular formula is C18H15F2N5O2. The van der Waals surface area contributed by atoms with E-state index >= 15 is 0 Å². The molecule has 2 aromatic heterocycles. The average molecular weight is 371 g/mol. The van der Waals surface area contributed by atoms with Gasteiger partial charge in [-0.2, -0.15) is 4.39 Å². The van der Waals surface area contributed by atoms with Gasteiger partial charge in [-0.25, -0.2) is 14.2 Å². The van der Waals surface area contributed by atoms with Gasteiger partial charge in [0.2, 0.25) is 5.82 Å². The fourth-order valence-corrected chi connectivity index (χ4v) is 2.14. The lowest BCUT2D eigenvalue weighted by molar-refractivity contribution is 0.261. The van der Waals surface area contributed by atoms with Crippen LogP contribution >= 0.6 is 0 Å². The van der Waals surface area contributed by atoms with Gasteiger partial charge in [-0.3, -0.25) is 15.3 Å². The number of carbonyl (C=O) groups excluding carboxylic acids is 1. The van der Waals surface area contributed by atoms with Crippen LogP contribution in [0.3, 0.4) is 0 Å². The molecule has 3 rings (SSSR count). The summed E-state index contributed by atoms with van der Waals surface area (Å²) in [5.74, 6) is -2.50. The van der Waals surface area contributed by atoms with Gasteiger partial charge < -0.3 is 10.1 Å². The highest BCUT2D eigenvalue weighted by atomic mass is 19.2. The molecule has 3 aromatic rings. The lowest BCUT2D eigenvalue weighted by Gasteiger charge is -2.14. The molecule has 2 heterocycles. The zero-order valence-corrected chi connectivity index (χ0v) is 14.2. The highest BCUT2D eigenvalue weighted by molar-refractivity contribution is 6.00. The van der Waals surface area contributed by atoms with Crippen LogP contribution in [0.15, 0.2) is 49.1 Å². The zero-order valence-electron chi connectivity index (χ0n) is 14.2. The molecule has 0 saturated carbocycles. The molecule has 2 amide bonds. The maximum Gasteiger partial charge on any atom is 0.325 e. The first-order chi connectivity index (χ1) is 13.0. The van der Waals surface area contributed by atoms with Crippen molar-refractivity contribution in [3.05, 3.63) is 71.9 Å². The molecule has 7 nitrogen and oxygen atoms in total. The van der Waals surface area contributed by atoms with E-state index in [0.29, 0.717) is 11.3 Å². The average Bonchev–Trinajstić information content (AvgIpc) is 2.67. The lowest BCUT2D eigenvalue weighted by Crippen LogP contribution is -2.21. The summed E-state index contributed by atoms with van der Waals surface area (Å²) in [6.07, 6.45) is 5.97. The molecule has 138 valence electrons. The highest BCUT2D eigenvalue weighted by Gasteiger charge is 2.17. The van der Waals surface area contributed by atoms with Crippen molar-refractivity contribution in [1.82, 2.24) is 15.0 Å². The molecule has 0 aliphatic heterocycles. The van der Waals surface area contributed by atoms with Crippen LogP contribution < -0.4 is 15.4 Å². The number of hydrogen-bond donors (Lipinski definition) is 2. The zero-order chi connectivity index (χ0) is 19.2. The number of hydrogen-bond acceptors (Lipinski definition) is 5. The molecule has 9 heteroatoms. The van der Waals surface area contributed by atoms with Gasteiger partial charge in [-0.1, -0.05) is 6.07 Å². The Bertz CT molecular complexity index is 936. The van der Waals surface area contributed by atoms with Crippen LogP contribution in [0.25, 0.3) is 0 Å². The van der Waals surface area contributed by atoms with Crippen molar-refractivity contribution in [2.45, 2.75) is 13.5 Å². The second kappa shape index (κ2) is 8.17. The minimum atomic E-state index is -1.20. The van der Waals surface area contributed by atoms with Crippen LogP contribution in [-0.2, 0) is 6.61 Å². The Morgan fingerprint density at radius 1 is 1.11 bits per heavy atom. The Morgan fingerprint density at radius 2 is 1.96 bits per heavy atom. The number of benzene rings is 1. The molecule has 0 aliphatic rings. The molecule has 0 atom stereocenters. The smallest absolute Gasteiger partial charge is 0.325 e. The standard InChI is InChI=1S/C18H15F2N5O2/c1-11-7-23-15(9-22-11)25-18(26)24-14-5-4-13(19)16(20)17(14)27-10-12-3-2-6-21-8-12/h2-9H,10H2,1H3,(H2,23,24,25,26). The van der Waals surface area contributed by atoms with Gasteiger partial charge >= 0.3 is 6.03 Å². The Kier molecular flexibility index (Phi) is 5.50. The number of carbonyl (C=O) groups is 1. The van der Waals surface area contributed by atoms with Crippen molar-refractivity contribution in [2.24, 2.45) is 0 Å². The van der Waals surface area contributed by atoms with E-state index in [1.807, 2.05) is 0 Å². The summed E-state index contributed by atoms with van der Waals surface area (Å²) in [5, 5.41) is 4.86. The van der Waals surface area contributed by atoms with Crippen molar-refractivity contribution in [1.29, 1.82) is 0 Å². The number of aromatic nitrogens is 3. The van der Waals surface area contributed by atoms with Crippen LogP contribution in [-0.4, -0.2) is 21.0 Å². The van der Waals surface area contributed by atoms with Crippen LogP contribution in [0.1, 0.15) is 11.3 Å². The quantitative estimate of drug-likeness (QED) is 0.714. The molecule has 27 heavy (non-hydrogen) atoms. The number of urea groups is 1. The first-order valence-electron chi connectivity index (χ1n) is 7.89. The maximum atomic E-state index is 14.2. The summed E-state index contributed by atoms with van der Waals surface area (Å²) < 4.78 is 33.1. The van der Waals surface area contributed by atoms with Crippen molar-refractivity contribution in [2.75, 3.05) is 10.6 Å². The maximum absolute atomic E-state index is 14.2. The Labute approximate surface area is 153 Å². The van der Waals surface area contributed by atoms with E-state index in [9.17, 15) is 13.6 Å². The van der Waals surface area contributed by atoms with E-state index in [2.05, 4.69) is 25.6 Å². The molecular weight excluding hydrogens is 356 g/mol. The van der Waals surface area contributed by atoms with E-state index in [0.717, 1.165) is 6.07 Å². The van der Waals surface area contributed by atoms with E-state index in [4.69, 9.17) is 4.74 Å². The van der Waals surface area contributed by atoms with E-state index in [1.54, 1.807) is 25.3 Å². The number of nitrogens with zero attached hydrogens (tertiary/aromatic N) is 3. The normalized spacial score (nSPS) is 10.3. The summed E-state index contributed by atoms with van der Waals surface area (Å²) in [5.41, 5.74) is 1.31. The van der Waals surface area contributed by atoms with Crippen molar-refractivity contribution < 1.29 is 18.3 Å². The predicted molar refractivity (Wildman–Crippen MR) is 94.3 cm³/mol. The molecule has 2 N–H and O–H groups in total. The largest absolute Gasteiger partial charge is 0.483 e. The molecule has 0 fully saturated rings. The molecule has 0 saturated heterocycles. The Balaban J connectivity index is 1.75. The van der Waals surface area contributed by atoms with E-state index in [1.165, 1.54) is 24.7 Å². The third kappa shape index (κ3) is 4.72. The van der Waals surface area contributed by atoms with Crippen molar-refractivity contribution in [3.63, 3.8) is 0 Å². The van der Waals surface area contributed by atoms with Crippen LogP contribution in [0.4, 0.5) is 25.1 Å². The lowest BCUT2D eigenvalue weighted by atomic mass is 10.2. The number of pyridine rings is 1. The van der Waals surface area contributed by atoms with Gasteiger partial charge in [-0.05, 0) is 25.1 Å². The first-order valence-corrected chi connectivity index (χ1v) is 7.89. The van der Waals surface area contributed by atoms with Gasteiger partial charge in [0.05, 0.1) is 23.8 Å². The number of halogens is 2. The van der Waals surface area contributed by atoms with Crippen molar-refractivity contribution in [3.8, 4) is 5.75 Å². The minimum Gasteiger partial charge on any atom is -0.483 e. The van der Waals surface area contributed by atoms with Gasteiger partial charge in [0.1, 0.15) is 6.61 Å². The second-order valence-corrected chi connectivity index (χ2v) is 5.51. The molecule has 1 aromatic carbocycles. The third-order valence-electron chi connectivity index (χ3n) is 3.43.